The lowest BCUT2D eigenvalue weighted by molar-refractivity contribution is -0.117. The molecular formula is C12H14ClNO. The van der Waals surface area contributed by atoms with Crippen LogP contribution in [0.15, 0.2) is 18.2 Å². The van der Waals surface area contributed by atoms with Crippen molar-refractivity contribution in [2.45, 2.75) is 26.2 Å². The number of nitrogens with one attached hydrogen (secondary N) is 1. The number of benzene rings is 1. The van der Waals surface area contributed by atoms with Crippen molar-refractivity contribution in [3.8, 4) is 0 Å². The smallest absolute Gasteiger partial charge is 0.227 e. The van der Waals surface area contributed by atoms with E-state index < -0.39 is 0 Å². The van der Waals surface area contributed by atoms with Crippen LogP contribution >= 0.6 is 11.6 Å². The topological polar surface area (TPSA) is 29.1 Å². The summed E-state index contributed by atoms with van der Waals surface area (Å²) in [5.74, 6) is 0.386. The molecular weight excluding hydrogens is 210 g/mol. The minimum atomic E-state index is 0.145. The lowest BCUT2D eigenvalue weighted by Crippen LogP contribution is -2.14. The molecule has 1 saturated carbocycles. The highest BCUT2D eigenvalue weighted by Crippen LogP contribution is 2.31. The van der Waals surface area contributed by atoms with Crippen LogP contribution in [0, 0.1) is 5.92 Å². The molecule has 0 radical (unpaired) electrons. The van der Waals surface area contributed by atoms with Crippen LogP contribution in [-0.4, -0.2) is 5.91 Å². The zero-order valence-electron chi connectivity index (χ0n) is 8.72. The minimum absolute atomic E-state index is 0.145. The summed E-state index contributed by atoms with van der Waals surface area (Å²) in [5, 5.41) is 3.67. The maximum absolute atomic E-state index is 11.6. The second-order valence-electron chi connectivity index (χ2n) is 3.92. The molecule has 2 rings (SSSR count). The molecule has 0 aromatic heterocycles. The molecule has 2 nitrogen and oxygen atoms in total. The van der Waals surface area contributed by atoms with E-state index in [0.717, 1.165) is 35.5 Å². The molecule has 3 heteroatoms. The van der Waals surface area contributed by atoms with Gasteiger partial charge < -0.3 is 5.32 Å². The molecule has 0 bridgehead atoms. The zero-order chi connectivity index (χ0) is 10.8. The van der Waals surface area contributed by atoms with Crippen LogP contribution in [0.25, 0.3) is 0 Å². The lowest BCUT2D eigenvalue weighted by Gasteiger charge is -2.09. The molecule has 0 spiro atoms. The lowest BCUT2D eigenvalue weighted by atomic mass is 10.1. The van der Waals surface area contributed by atoms with Gasteiger partial charge in [-0.1, -0.05) is 18.5 Å². The van der Waals surface area contributed by atoms with Crippen molar-refractivity contribution in [1.29, 1.82) is 0 Å². The van der Waals surface area contributed by atoms with Gasteiger partial charge in [-0.2, -0.15) is 0 Å². The van der Waals surface area contributed by atoms with Gasteiger partial charge >= 0.3 is 0 Å². The van der Waals surface area contributed by atoms with Crippen LogP contribution in [0.4, 0.5) is 5.69 Å². The van der Waals surface area contributed by atoms with Crippen LogP contribution in [-0.2, 0) is 11.2 Å². The van der Waals surface area contributed by atoms with Crippen LogP contribution in [0.1, 0.15) is 25.3 Å². The van der Waals surface area contributed by atoms with Crippen LogP contribution in [0.2, 0.25) is 5.02 Å². The molecule has 0 atom stereocenters. The van der Waals surface area contributed by atoms with Gasteiger partial charge in [0.05, 0.1) is 0 Å². The maximum atomic E-state index is 11.6. The molecule has 1 aliphatic rings. The van der Waals surface area contributed by atoms with Crippen molar-refractivity contribution in [3.05, 3.63) is 28.8 Å². The molecule has 0 aliphatic heterocycles. The molecule has 0 saturated heterocycles. The monoisotopic (exact) mass is 223 g/mol. The highest BCUT2D eigenvalue weighted by Gasteiger charge is 2.29. The van der Waals surface area contributed by atoms with Crippen molar-refractivity contribution in [2.24, 2.45) is 5.92 Å². The van der Waals surface area contributed by atoms with E-state index in [9.17, 15) is 4.79 Å². The van der Waals surface area contributed by atoms with E-state index in [2.05, 4.69) is 12.2 Å². The molecule has 1 fully saturated rings. The Bertz CT molecular complexity index is 385. The summed E-state index contributed by atoms with van der Waals surface area (Å²) in [6, 6.07) is 5.59. The van der Waals surface area contributed by atoms with Gasteiger partial charge in [0.15, 0.2) is 0 Å². The predicted molar refractivity (Wildman–Crippen MR) is 62.2 cm³/mol. The first-order chi connectivity index (χ1) is 7.20. The van der Waals surface area contributed by atoms with Crippen molar-refractivity contribution in [3.63, 3.8) is 0 Å². The van der Waals surface area contributed by atoms with Crippen molar-refractivity contribution in [1.82, 2.24) is 0 Å². The van der Waals surface area contributed by atoms with Crippen LogP contribution in [0.3, 0.4) is 0 Å². The molecule has 1 N–H and O–H groups in total. The van der Waals surface area contributed by atoms with Crippen molar-refractivity contribution < 1.29 is 4.79 Å². The largest absolute Gasteiger partial charge is 0.326 e. The molecule has 0 unspecified atom stereocenters. The summed E-state index contributed by atoms with van der Waals surface area (Å²) in [6.07, 6.45) is 2.93. The van der Waals surface area contributed by atoms with Crippen molar-refractivity contribution >= 4 is 23.2 Å². The third kappa shape index (κ3) is 2.51. The maximum Gasteiger partial charge on any atom is 0.227 e. The van der Waals surface area contributed by atoms with Crippen molar-refractivity contribution in [2.75, 3.05) is 5.32 Å². The summed E-state index contributed by atoms with van der Waals surface area (Å²) in [5.41, 5.74) is 2.00. The molecule has 1 amide bonds. The Morgan fingerprint density at radius 1 is 1.53 bits per heavy atom. The Morgan fingerprint density at radius 2 is 2.27 bits per heavy atom. The Balaban J connectivity index is 2.15. The molecule has 1 aliphatic carbocycles. The molecule has 1 aromatic rings. The normalized spacial score (nSPS) is 15.1. The Kier molecular flexibility index (Phi) is 2.96. The standard InChI is InChI=1S/C12H14ClNO/c1-2-8-7-10(13)5-6-11(8)14-12(15)9-3-4-9/h5-7,9H,2-4H2,1H3,(H,14,15). The van der Waals surface area contributed by atoms with Gasteiger partial charge in [-0.15, -0.1) is 0 Å². The first kappa shape index (κ1) is 10.5. The van der Waals surface area contributed by atoms with Gasteiger partial charge in [0, 0.05) is 16.6 Å². The van der Waals surface area contributed by atoms with E-state index in [1.165, 1.54) is 0 Å². The average molecular weight is 224 g/mol. The fraction of sp³-hybridized carbons (Fsp3) is 0.417. The summed E-state index contributed by atoms with van der Waals surface area (Å²) in [7, 11) is 0. The summed E-state index contributed by atoms with van der Waals surface area (Å²) in [6.45, 7) is 2.05. The van der Waals surface area contributed by atoms with E-state index in [1.807, 2.05) is 18.2 Å². The minimum Gasteiger partial charge on any atom is -0.326 e. The van der Waals surface area contributed by atoms with Gasteiger partial charge in [0.2, 0.25) is 5.91 Å². The first-order valence-electron chi connectivity index (χ1n) is 5.30. The van der Waals surface area contributed by atoms with Gasteiger partial charge in [-0.3, -0.25) is 4.79 Å². The summed E-state index contributed by atoms with van der Waals surface area (Å²) < 4.78 is 0. The SMILES string of the molecule is CCc1cc(Cl)ccc1NC(=O)C1CC1. The second-order valence-corrected chi connectivity index (χ2v) is 4.35. The highest BCUT2D eigenvalue weighted by molar-refractivity contribution is 6.30. The van der Waals surface area contributed by atoms with E-state index in [0.29, 0.717) is 0 Å². The van der Waals surface area contributed by atoms with Crippen LogP contribution in [0.5, 0.6) is 0 Å². The van der Waals surface area contributed by atoms with E-state index in [4.69, 9.17) is 11.6 Å². The van der Waals surface area contributed by atoms with E-state index in [-0.39, 0.29) is 11.8 Å². The number of amides is 1. The highest BCUT2D eigenvalue weighted by atomic mass is 35.5. The number of anilines is 1. The number of rotatable bonds is 3. The van der Waals surface area contributed by atoms with Gasteiger partial charge in [-0.25, -0.2) is 0 Å². The number of aryl methyl sites for hydroxylation is 1. The molecule has 1 aromatic carbocycles. The second kappa shape index (κ2) is 4.23. The predicted octanol–water partition coefficient (Wildman–Crippen LogP) is 3.25. The zero-order valence-corrected chi connectivity index (χ0v) is 9.47. The Morgan fingerprint density at radius 3 is 2.87 bits per heavy atom. The first-order valence-corrected chi connectivity index (χ1v) is 5.67. The van der Waals surface area contributed by atoms with Gasteiger partial charge in [0.25, 0.3) is 0 Å². The summed E-state index contributed by atoms with van der Waals surface area (Å²) in [4.78, 5) is 11.6. The number of hydrogen-bond acceptors (Lipinski definition) is 1. The molecule has 15 heavy (non-hydrogen) atoms. The number of carbonyl (C=O) groups is 1. The number of halogens is 1. The average Bonchev–Trinajstić information content (AvgIpc) is 3.04. The third-order valence-corrected chi connectivity index (χ3v) is 2.89. The third-order valence-electron chi connectivity index (χ3n) is 2.65. The van der Waals surface area contributed by atoms with E-state index >= 15 is 0 Å². The summed E-state index contributed by atoms with van der Waals surface area (Å²) >= 11 is 5.89. The van der Waals surface area contributed by atoms with Gasteiger partial charge in [0.1, 0.15) is 0 Å². The molecule has 0 heterocycles. The number of hydrogen-bond donors (Lipinski definition) is 1. The van der Waals surface area contributed by atoms with Crippen LogP contribution < -0.4 is 5.32 Å². The number of carbonyl (C=O) groups excluding carboxylic acids is 1. The Labute approximate surface area is 94.6 Å². The van der Waals surface area contributed by atoms with E-state index in [1.54, 1.807) is 0 Å². The van der Waals surface area contributed by atoms with Gasteiger partial charge in [-0.05, 0) is 43.0 Å². The fourth-order valence-electron chi connectivity index (χ4n) is 1.56. The fourth-order valence-corrected chi connectivity index (χ4v) is 1.75. The molecule has 80 valence electrons. The quantitative estimate of drug-likeness (QED) is 0.838. The Hall–Kier alpha value is -1.02.